The molecule has 2 nitrogen and oxygen atoms in total. The zero-order valence-corrected chi connectivity index (χ0v) is 24.3. The minimum Gasteiger partial charge on any atom is -0.344 e. The number of allylic oxidation sites excluding steroid dienone is 1. The summed E-state index contributed by atoms with van der Waals surface area (Å²) < 4.78 is 0. The molecule has 2 heteroatoms. The Morgan fingerprint density at radius 1 is 0.465 bits per heavy atom. The zero-order valence-electron chi connectivity index (χ0n) is 24.3. The van der Waals surface area contributed by atoms with Crippen molar-refractivity contribution in [2.45, 2.75) is 0 Å². The fourth-order valence-corrected chi connectivity index (χ4v) is 5.64. The van der Waals surface area contributed by atoms with Gasteiger partial charge < -0.3 is 9.80 Å². The van der Waals surface area contributed by atoms with Gasteiger partial charge in [-0.25, -0.2) is 0 Å². The molecule has 0 bridgehead atoms. The first kappa shape index (κ1) is 27.6. The molecule has 0 spiro atoms. The molecule has 0 aromatic heterocycles. The van der Waals surface area contributed by atoms with Crippen LogP contribution in [0.1, 0.15) is 0 Å². The van der Waals surface area contributed by atoms with Gasteiger partial charge in [0.2, 0.25) is 0 Å². The van der Waals surface area contributed by atoms with Gasteiger partial charge in [-0.15, -0.1) is 0 Å². The average molecular weight is 555 g/mol. The van der Waals surface area contributed by atoms with Crippen molar-refractivity contribution >= 4 is 56.1 Å². The van der Waals surface area contributed by atoms with Crippen LogP contribution in [0.4, 0.5) is 28.4 Å². The maximum Gasteiger partial charge on any atom is 0.0546 e. The number of anilines is 5. The summed E-state index contributed by atoms with van der Waals surface area (Å²) in [5, 5.41) is 6.07. The molecule has 0 aliphatic heterocycles. The molecule has 0 heterocycles. The molecule has 0 N–H and O–H groups in total. The van der Waals surface area contributed by atoms with Gasteiger partial charge in [0.25, 0.3) is 0 Å². The standard InChI is InChI=1S/C35H28N2.C6H6/c1-3-13-26-20-23-31-32(36(2)28-14-7-4-8-15-28)24-21-27-22-25-33(35(26)34(27)31)37(29-16-9-5-10-17-29)30-18-11-6-12-19-30;1-2-4-6-5-3-1/h3-25H,1H2,2H3;1-6H/b26-13-;. The number of benzene rings is 7. The topological polar surface area (TPSA) is 6.48 Å². The van der Waals surface area contributed by atoms with Crippen LogP contribution in [-0.2, 0) is 0 Å². The molecular weight excluding hydrogens is 520 g/mol. The molecule has 208 valence electrons. The first-order valence-electron chi connectivity index (χ1n) is 14.6. The van der Waals surface area contributed by atoms with Crippen molar-refractivity contribution in [3.63, 3.8) is 0 Å². The van der Waals surface area contributed by atoms with Crippen LogP contribution in [0.15, 0.2) is 176 Å². The van der Waals surface area contributed by atoms with Crippen molar-refractivity contribution in [1.29, 1.82) is 0 Å². The van der Waals surface area contributed by atoms with Crippen LogP contribution in [0.5, 0.6) is 0 Å². The molecule has 7 aromatic rings. The molecule has 0 amide bonds. The van der Waals surface area contributed by atoms with E-state index in [0.717, 1.165) is 28.0 Å². The Morgan fingerprint density at radius 3 is 1.44 bits per heavy atom. The Morgan fingerprint density at radius 2 is 0.930 bits per heavy atom. The number of nitrogens with zero attached hydrogens (tertiary/aromatic N) is 2. The highest BCUT2D eigenvalue weighted by Gasteiger charge is 2.19. The molecule has 0 fully saturated rings. The minimum atomic E-state index is 1.12. The van der Waals surface area contributed by atoms with E-state index in [-0.39, 0.29) is 0 Å². The van der Waals surface area contributed by atoms with Crippen LogP contribution in [-0.4, -0.2) is 7.05 Å². The number of hydrogen-bond acceptors (Lipinski definition) is 2. The summed E-state index contributed by atoms with van der Waals surface area (Å²) in [6, 6.07) is 57.1. The Kier molecular flexibility index (Phi) is 8.29. The van der Waals surface area contributed by atoms with Crippen molar-refractivity contribution in [2.24, 2.45) is 0 Å². The minimum absolute atomic E-state index is 1.12. The van der Waals surface area contributed by atoms with Gasteiger partial charge in [0.1, 0.15) is 0 Å². The van der Waals surface area contributed by atoms with E-state index in [4.69, 9.17) is 0 Å². The summed E-state index contributed by atoms with van der Waals surface area (Å²) in [4.78, 5) is 4.62. The third-order valence-electron chi connectivity index (χ3n) is 7.64. The number of hydrogen-bond donors (Lipinski definition) is 0. The van der Waals surface area contributed by atoms with Crippen molar-refractivity contribution in [3.8, 4) is 0 Å². The predicted octanol–water partition coefficient (Wildman–Crippen LogP) is 10.6. The Labute approximate surface area is 254 Å². The van der Waals surface area contributed by atoms with E-state index < -0.39 is 0 Å². The highest BCUT2D eigenvalue weighted by Crippen LogP contribution is 2.42. The van der Waals surface area contributed by atoms with Crippen LogP contribution in [0.2, 0.25) is 0 Å². The van der Waals surface area contributed by atoms with Crippen LogP contribution in [0.25, 0.3) is 27.6 Å². The first-order valence-corrected chi connectivity index (χ1v) is 14.6. The van der Waals surface area contributed by atoms with Gasteiger partial charge in [-0.3, -0.25) is 0 Å². The summed E-state index contributed by atoms with van der Waals surface area (Å²) in [7, 11) is 2.14. The molecule has 0 saturated heterocycles. The normalized spacial score (nSPS) is 11.1. The SMILES string of the molecule is C=C/C=c1/ccc2c(N(C)c3ccccc3)ccc3ccc(N(c4ccccc4)c4ccccc4)c1c32.c1ccccc1. The van der Waals surface area contributed by atoms with Crippen molar-refractivity contribution < 1.29 is 0 Å². The number of para-hydroxylation sites is 3. The second-order valence-electron chi connectivity index (χ2n) is 10.3. The van der Waals surface area contributed by atoms with Crippen LogP contribution in [0.3, 0.4) is 0 Å². The maximum absolute atomic E-state index is 4.02. The third kappa shape index (κ3) is 5.77. The van der Waals surface area contributed by atoms with E-state index >= 15 is 0 Å². The van der Waals surface area contributed by atoms with Crippen LogP contribution >= 0.6 is 0 Å². The van der Waals surface area contributed by atoms with E-state index in [1.807, 2.05) is 42.5 Å². The summed E-state index contributed by atoms with van der Waals surface area (Å²) in [5.74, 6) is 0. The molecular formula is C41H34N2. The monoisotopic (exact) mass is 554 g/mol. The quantitative estimate of drug-likeness (QED) is 0.202. The Hall–Kier alpha value is -5.60. The maximum atomic E-state index is 4.02. The van der Waals surface area contributed by atoms with E-state index in [0.29, 0.717) is 0 Å². The van der Waals surface area contributed by atoms with Crippen LogP contribution in [0, 0.1) is 0 Å². The van der Waals surface area contributed by atoms with E-state index in [9.17, 15) is 0 Å². The van der Waals surface area contributed by atoms with Gasteiger partial charge in [0.05, 0.1) is 5.69 Å². The molecule has 0 atom stereocenters. The van der Waals surface area contributed by atoms with Crippen LogP contribution < -0.4 is 15.0 Å². The molecule has 0 unspecified atom stereocenters. The van der Waals surface area contributed by atoms with E-state index in [1.54, 1.807) is 0 Å². The Bertz CT molecular complexity index is 1920. The second-order valence-corrected chi connectivity index (χ2v) is 10.3. The van der Waals surface area contributed by atoms with Crippen molar-refractivity contribution in [3.05, 3.63) is 182 Å². The van der Waals surface area contributed by atoms with Gasteiger partial charge in [-0.2, -0.15) is 0 Å². The van der Waals surface area contributed by atoms with Gasteiger partial charge in [-0.1, -0.05) is 134 Å². The smallest absolute Gasteiger partial charge is 0.0546 e. The average Bonchev–Trinajstić information content (AvgIpc) is 3.09. The summed E-state index contributed by atoms with van der Waals surface area (Å²) in [6.45, 7) is 4.02. The molecule has 7 rings (SSSR count). The highest BCUT2D eigenvalue weighted by atomic mass is 15.1. The van der Waals surface area contributed by atoms with Gasteiger partial charge in [0, 0.05) is 46.0 Å². The van der Waals surface area contributed by atoms with Crippen molar-refractivity contribution in [2.75, 3.05) is 16.8 Å². The first-order chi connectivity index (χ1) is 21.3. The summed E-state index contributed by atoms with van der Waals surface area (Å²) in [6.07, 6.45) is 3.99. The molecule has 43 heavy (non-hydrogen) atoms. The lowest BCUT2D eigenvalue weighted by molar-refractivity contribution is 1.22. The van der Waals surface area contributed by atoms with E-state index in [1.165, 1.54) is 27.2 Å². The van der Waals surface area contributed by atoms with Crippen molar-refractivity contribution in [1.82, 2.24) is 0 Å². The molecule has 0 aliphatic carbocycles. The zero-order chi connectivity index (χ0) is 29.4. The molecule has 0 saturated carbocycles. The van der Waals surface area contributed by atoms with Gasteiger partial charge in [0.15, 0.2) is 0 Å². The number of rotatable bonds is 6. The largest absolute Gasteiger partial charge is 0.344 e. The fraction of sp³-hybridized carbons (Fsp3) is 0.0244. The molecule has 0 aliphatic rings. The van der Waals surface area contributed by atoms with E-state index in [2.05, 4.69) is 157 Å². The summed E-state index contributed by atoms with van der Waals surface area (Å²) >= 11 is 0. The Balaban J connectivity index is 0.000000491. The third-order valence-corrected chi connectivity index (χ3v) is 7.64. The molecule has 7 aromatic carbocycles. The predicted molar refractivity (Wildman–Crippen MR) is 187 cm³/mol. The second kappa shape index (κ2) is 12.9. The lowest BCUT2D eigenvalue weighted by atomic mass is 9.95. The van der Waals surface area contributed by atoms with Gasteiger partial charge >= 0.3 is 0 Å². The summed E-state index contributed by atoms with van der Waals surface area (Å²) in [5.41, 5.74) is 5.72. The highest BCUT2D eigenvalue weighted by molar-refractivity contribution is 6.19. The van der Waals surface area contributed by atoms with Gasteiger partial charge in [-0.05, 0) is 59.1 Å². The fourth-order valence-electron chi connectivity index (χ4n) is 5.64. The lowest BCUT2D eigenvalue weighted by Crippen LogP contribution is -2.15. The lowest BCUT2D eigenvalue weighted by Gasteiger charge is -2.28. The molecule has 0 radical (unpaired) electrons.